The molecule has 1 saturated heterocycles. The molecule has 0 aromatic carbocycles. The Morgan fingerprint density at radius 2 is 2.53 bits per heavy atom. The maximum atomic E-state index is 11.8. The molecule has 1 aromatic heterocycles. The number of hydrogen-bond donors (Lipinski definition) is 2. The largest absolute Gasteiger partial charge is 0.462 e. The minimum Gasteiger partial charge on any atom is -0.462 e. The third kappa shape index (κ3) is 3.57. The molecule has 1 unspecified atom stereocenters. The van der Waals surface area contributed by atoms with Crippen molar-refractivity contribution in [2.24, 2.45) is 0 Å². The molecule has 104 valence electrons. The van der Waals surface area contributed by atoms with E-state index in [1.165, 1.54) is 6.07 Å². The molecule has 1 fully saturated rings. The van der Waals surface area contributed by atoms with Crippen LogP contribution in [0.4, 0.5) is 11.5 Å². The number of anilines is 2. The molecule has 6 nitrogen and oxygen atoms in total. The first-order valence-corrected chi connectivity index (χ1v) is 6.48. The SMILES string of the molecule is CCOC(=O)c1cc(N)ncc1NCC1CCCO1. The number of ether oxygens (including phenoxy) is 2. The number of nitrogen functional groups attached to an aromatic ring is 1. The van der Waals surface area contributed by atoms with Gasteiger partial charge in [0.15, 0.2) is 0 Å². The van der Waals surface area contributed by atoms with E-state index in [2.05, 4.69) is 10.3 Å². The number of pyridine rings is 1. The maximum Gasteiger partial charge on any atom is 0.340 e. The molecule has 1 aliphatic heterocycles. The third-order valence-corrected chi connectivity index (χ3v) is 2.96. The zero-order valence-corrected chi connectivity index (χ0v) is 11.0. The first-order valence-electron chi connectivity index (χ1n) is 6.48. The Labute approximate surface area is 112 Å². The average Bonchev–Trinajstić information content (AvgIpc) is 2.90. The molecule has 19 heavy (non-hydrogen) atoms. The zero-order valence-electron chi connectivity index (χ0n) is 11.0. The van der Waals surface area contributed by atoms with Crippen LogP contribution in [-0.4, -0.2) is 36.8 Å². The number of hydrogen-bond acceptors (Lipinski definition) is 6. The lowest BCUT2D eigenvalue weighted by Gasteiger charge is -2.14. The molecular weight excluding hydrogens is 246 g/mol. The van der Waals surface area contributed by atoms with Crippen LogP contribution in [-0.2, 0) is 9.47 Å². The van der Waals surface area contributed by atoms with Crippen molar-refractivity contribution in [1.29, 1.82) is 0 Å². The second-order valence-corrected chi connectivity index (χ2v) is 4.39. The van der Waals surface area contributed by atoms with Gasteiger partial charge in [0.1, 0.15) is 5.82 Å². The average molecular weight is 265 g/mol. The summed E-state index contributed by atoms with van der Waals surface area (Å²) in [6.45, 7) is 3.54. The zero-order chi connectivity index (χ0) is 13.7. The predicted molar refractivity (Wildman–Crippen MR) is 72.1 cm³/mol. The first-order chi connectivity index (χ1) is 9.20. The summed E-state index contributed by atoms with van der Waals surface area (Å²) in [5.41, 5.74) is 6.65. The fourth-order valence-electron chi connectivity index (χ4n) is 2.02. The number of esters is 1. The Kier molecular flexibility index (Phi) is 4.57. The number of nitrogens with one attached hydrogen (secondary N) is 1. The lowest BCUT2D eigenvalue weighted by Crippen LogP contribution is -2.20. The first kappa shape index (κ1) is 13.6. The van der Waals surface area contributed by atoms with Crippen molar-refractivity contribution in [1.82, 2.24) is 4.98 Å². The standard InChI is InChI=1S/C13H19N3O3/c1-2-18-13(17)10-6-12(14)16-8-11(10)15-7-9-4-3-5-19-9/h6,8-9,15H,2-5,7H2,1H3,(H2,14,16). The molecule has 0 spiro atoms. The number of rotatable bonds is 5. The van der Waals surface area contributed by atoms with E-state index in [0.29, 0.717) is 30.2 Å². The number of carbonyl (C=O) groups excluding carboxylic acids is 1. The fourth-order valence-corrected chi connectivity index (χ4v) is 2.02. The van der Waals surface area contributed by atoms with Gasteiger partial charge in [-0.3, -0.25) is 0 Å². The smallest absolute Gasteiger partial charge is 0.340 e. The van der Waals surface area contributed by atoms with Crippen LogP contribution in [0.3, 0.4) is 0 Å². The van der Waals surface area contributed by atoms with Crippen LogP contribution in [0.2, 0.25) is 0 Å². The summed E-state index contributed by atoms with van der Waals surface area (Å²) in [5.74, 6) is -0.0999. The van der Waals surface area contributed by atoms with E-state index >= 15 is 0 Å². The number of nitrogens with two attached hydrogens (primary N) is 1. The second-order valence-electron chi connectivity index (χ2n) is 4.39. The van der Waals surface area contributed by atoms with Crippen molar-refractivity contribution in [2.75, 3.05) is 30.8 Å². The Morgan fingerprint density at radius 1 is 1.68 bits per heavy atom. The quantitative estimate of drug-likeness (QED) is 0.783. The lowest BCUT2D eigenvalue weighted by atomic mass is 10.2. The van der Waals surface area contributed by atoms with Gasteiger partial charge in [0.05, 0.1) is 30.2 Å². The summed E-state index contributed by atoms with van der Waals surface area (Å²) >= 11 is 0. The fraction of sp³-hybridized carbons (Fsp3) is 0.538. The molecule has 0 saturated carbocycles. The van der Waals surface area contributed by atoms with Gasteiger partial charge in [-0.15, -0.1) is 0 Å². The van der Waals surface area contributed by atoms with E-state index in [4.69, 9.17) is 15.2 Å². The van der Waals surface area contributed by atoms with Crippen LogP contribution in [0, 0.1) is 0 Å². The third-order valence-electron chi connectivity index (χ3n) is 2.96. The van der Waals surface area contributed by atoms with Gasteiger partial charge in [-0.05, 0) is 25.8 Å². The Bertz CT molecular complexity index is 445. The molecule has 6 heteroatoms. The van der Waals surface area contributed by atoms with Crippen LogP contribution in [0.15, 0.2) is 12.3 Å². The summed E-state index contributed by atoms with van der Waals surface area (Å²) in [7, 11) is 0. The Morgan fingerprint density at radius 3 is 3.21 bits per heavy atom. The van der Waals surface area contributed by atoms with E-state index in [9.17, 15) is 4.79 Å². The summed E-state index contributed by atoms with van der Waals surface area (Å²) in [5, 5.41) is 3.18. The van der Waals surface area contributed by atoms with Crippen LogP contribution in [0.25, 0.3) is 0 Å². The van der Waals surface area contributed by atoms with Crippen LogP contribution >= 0.6 is 0 Å². The highest BCUT2D eigenvalue weighted by Crippen LogP contribution is 2.19. The summed E-state index contributed by atoms with van der Waals surface area (Å²) in [6.07, 6.45) is 3.85. The van der Waals surface area contributed by atoms with Crippen LogP contribution < -0.4 is 11.1 Å². The molecule has 1 atom stereocenters. The van der Waals surface area contributed by atoms with Crippen molar-refractivity contribution < 1.29 is 14.3 Å². The van der Waals surface area contributed by atoms with Crippen LogP contribution in [0.1, 0.15) is 30.1 Å². The molecule has 0 amide bonds. The molecule has 0 bridgehead atoms. The number of aromatic nitrogens is 1. The Hall–Kier alpha value is -1.82. The lowest BCUT2D eigenvalue weighted by molar-refractivity contribution is 0.0527. The highest BCUT2D eigenvalue weighted by atomic mass is 16.5. The normalized spacial score (nSPS) is 18.3. The van der Waals surface area contributed by atoms with Gasteiger partial charge in [0.25, 0.3) is 0 Å². The van der Waals surface area contributed by atoms with E-state index in [1.807, 2.05) is 0 Å². The van der Waals surface area contributed by atoms with Crippen molar-refractivity contribution >= 4 is 17.5 Å². The highest BCUT2D eigenvalue weighted by Gasteiger charge is 2.18. The van der Waals surface area contributed by atoms with Gasteiger partial charge >= 0.3 is 5.97 Å². The Balaban J connectivity index is 2.07. The van der Waals surface area contributed by atoms with E-state index < -0.39 is 5.97 Å². The summed E-state index contributed by atoms with van der Waals surface area (Å²) in [4.78, 5) is 15.8. The van der Waals surface area contributed by atoms with Crippen LogP contribution in [0.5, 0.6) is 0 Å². The molecular formula is C13H19N3O3. The molecule has 2 rings (SSSR count). The van der Waals surface area contributed by atoms with Crippen molar-refractivity contribution in [3.63, 3.8) is 0 Å². The van der Waals surface area contributed by atoms with E-state index in [0.717, 1.165) is 19.4 Å². The van der Waals surface area contributed by atoms with E-state index in [1.54, 1.807) is 13.1 Å². The van der Waals surface area contributed by atoms with Gasteiger partial charge in [-0.25, -0.2) is 9.78 Å². The topological polar surface area (TPSA) is 86.5 Å². The van der Waals surface area contributed by atoms with Crippen molar-refractivity contribution in [2.45, 2.75) is 25.9 Å². The number of carbonyl (C=O) groups is 1. The molecule has 1 aliphatic rings. The van der Waals surface area contributed by atoms with Gasteiger partial charge in [-0.1, -0.05) is 0 Å². The molecule has 3 N–H and O–H groups in total. The van der Waals surface area contributed by atoms with Gasteiger partial charge in [0.2, 0.25) is 0 Å². The minimum atomic E-state index is -0.397. The van der Waals surface area contributed by atoms with Crippen molar-refractivity contribution in [3.05, 3.63) is 17.8 Å². The monoisotopic (exact) mass is 265 g/mol. The molecule has 0 aliphatic carbocycles. The molecule has 0 radical (unpaired) electrons. The summed E-state index contributed by atoms with van der Waals surface area (Å²) < 4.78 is 10.5. The highest BCUT2D eigenvalue weighted by molar-refractivity contribution is 5.96. The predicted octanol–water partition coefficient (Wildman–Crippen LogP) is 1.43. The van der Waals surface area contributed by atoms with Crippen molar-refractivity contribution in [3.8, 4) is 0 Å². The van der Waals surface area contributed by atoms with Gasteiger partial charge in [0, 0.05) is 13.2 Å². The second kappa shape index (κ2) is 6.38. The van der Waals surface area contributed by atoms with E-state index in [-0.39, 0.29) is 6.10 Å². The number of nitrogens with zero attached hydrogens (tertiary/aromatic N) is 1. The van der Waals surface area contributed by atoms with Gasteiger partial charge in [-0.2, -0.15) is 0 Å². The minimum absolute atomic E-state index is 0.188. The summed E-state index contributed by atoms with van der Waals surface area (Å²) in [6, 6.07) is 1.52. The maximum absolute atomic E-state index is 11.8. The molecule has 2 heterocycles. The van der Waals surface area contributed by atoms with Gasteiger partial charge < -0.3 is 20.5 Å². The molecule has 1 aromatic rings.